The molecule has 0 fully saturated rings. The Balaban J connectivity index is 1.28. The molecule has 4 aromatic heterocycles. The number of nitrogens with zero attached hydrogens (tertiary/aromatic N) is 4. The molecule has 11 aromatic carbocycles. The number of aromatic nitrogens is 2. The van der Waals surface area contributed by atoms with Crippen molar-refractivity contribution in [2.24, 2.45) is 0 Å². The maximum Gasteiger partial charge on any atom is 0.220 e. The first-order valence-electron chi connectivity index (χ1n) is 24.7. The van der Waals surface area contributed by atoms with Crippen molar-refractivity contribution in [3.05, 3.63) is 248 Å². The Kier molecular flexibility index (Phi) is 9.40. The second kappa shape index (κ2) is 16.5. The molecule has 0 unspecified atom stereocenters. The van der Waals surface area contributed by atoms with Crippen molar-refractivity contribution in [1.82, 2.24) is 9.13 Å². The lowest BCUT2D eigenvalue weighted by Gasteiger charge is -2.26. The third-order valence-corrected chi connectivity index (χ3v) is 17.3. The van der Waals surface area contributed by atoms with E-state index in [0.29, 0.717) is 16.8 Å². The summed E-state index contributed by atoms with van der Waals surface area (Å²) in [7, 11) is 0. The summed E-state index contributed by atoms with van der Waals surface area (Å²) in [6, 6.07) is 84.4. The Labute approximate surface area is 433 Å². The minimum atomic E-state index is 0.408. The fraction of sp³-hybridized carbons (Fsp3) is 0. The summed E-state index contributed by atoms with van der Waals surface area (Å²) >= 11 is 3.61. The highest BCUT2D eigenvalue weighted by Gasteiger charge is 2.34. The Morgan fingerprint density at radius 1 is 0.392 bits per heavy atom. The molecule has 0 aliphatic rings. The van der Waals surface area contributed by atoms with E-state index in [1.54, 1.807) is 22.7 Å². The zero-order chi connectivity index (χ0) is 49.0. The van der Waals surface area contributed by atoms with Crippen LogP contribution in [-0.2, 0) is 0 Å². The van der Waals surface area contributed by atoms with Crippen LogP contribution in [0.1, 0.15) is 5.56 Å². The van der Waals surface area contributed by atoms with E-state index in [4.69, 9.17) is 0 Å². The third-order valence-electron chi connectivity index (χ3n) is 15.0. The van der Waals surface area contributed by atoms with Gasteiger partial charge in [-0.1, -0.05) is 206 Å². The molecule has 0 radical (unpaired) electrons. The van der Waals surface area contributed by atoms with Gasteiger partial charge in [0.25, 0.3) is 0 Å². The molecule has 0 aliphatic carbocycles. The molecule has 0 saturated carbocycles. The van der Waals surface area contributed by atoms with Gasteiger partial charge in [0, 0.05) is 69.2 Å². The Hall–Kier alpha value is -9.56. The van der Waals surface area contributed by atoms with Crippen molar-refractivity contribution in [3.63, 3.8) is 0 Å². The van der Waals surface area contributed by atoms with Gasteiger partial charge in [0.05, 0.1) is 55.0 Å². The first-order chi connectivity index (χ1) is 36.7. The predicted octanol–water partition coefficient (Wildman–Crippen LogP) is 19.7. The van der Waals surface area contributed by atoms with E-state index >= 15 is 0 Å². The van der Waals surface area contributed by atoms with Gasteiger partial charge in [-0.25, -0.2) is 4.85 Å². The average molecular weight is 975 g/mol. The Bertz CT molecular complexity index is 4890. The molecule has 0 amide bonds. The summed E-state index contributed by atoms with van der Waals surface area (Å²) < 4.78 is 9.48. The van der Waals surface area contributed by atoms with Crippen molar-refractivity contribution in [2.45, 2.75) is 0 Å². The number of hydrogen-bond donors (Lipinski definition) is 0. The lowest BCUT2D eigenvalue weighted by atomic mass is 9.88. The maximum absolute atomic E-state index is 12.4. The zero-order valence-corrected chi connectivity index (χ0v) is 41.2. The molecule has 0 aliphatic heterocycles. The number of nitriles is 1. The highest BCUT2D eigenvalue weighted by atomic mass is 32.1. The van der Waals surface area contributed by atoms with Crippen LogP contribution in [0.4, 0.5) is 5.69 Å². The molecule has 342 valence electrons. The largest absolute Gasteiger partial charge is 0.318 e. The summed E-state index contributed by atoms with van der Waals surface area (Å²) in [5, 5.41) is 21.4. The monoisotopic (exact) mass is 974 g/mol. The SMILES string of the molecule is [C-]#[N+]c1c(-c2ccccc2)c(C#N)c(-n2c3c(ccc4c5ccccc5sc43)c3c(-c4ccccc4)cc4c5ccccc5sc4c32)c(-c2ccccc2)c1-n1c2ccccc2c2cccc(-c3ccccc3)c21. The molecular weight excluding hydrogens is 937 g/mol. The molecule has 0 atom stereocenters. The van der Waals surface area contributed by atoms with Gasteiger partial charge in [-0.15, -0.1) is 22.7 Å². The van der Waals surface area contributed by atoms with Crippen LogP contribution in [0.2, 0.25) is 0 Å². The fourth-order valence-corrected chi connectivity index (χ4v) is 14.4. The highest BCUT2D eigenvalue weighted by molar-refractivity contribution is 7.27. The van der Waals surface area contributed by atoms with E-state index in [1.807, 2.05) is 24.3 Å². The van der Waals surface area contributed by atoms with Crippen LogP contribution < -0.4 is 0 Å². The molecule has 4 heterocycles. The first-order valence-corrected chi connectivity index (χ1v) is 26.3. The first kappa shape index (κ1) is 42.2. The smallest absolute Gasteiger partial charge is 0.220 e. The van der Waals surface area contributed by atoms with E-state index in [9.17, 15) is 11.8 Å². The third kappa shape index (κ3) is 5.99. The lowest BCUT2D eigenvalue weighted by Crippen LogP contribution is -2.09. The Morgan fingerprint density at radius 2 is 0.905 bits per heavy atom. The lowest BCUT2D eigenvalue weighted by molar-refractivity contribution is 1.14. The standard InChI is InChI=1S/C68H38N4S2/c1-70-61-58(43-25-10-4-11-26-43)54(40-69)63(59(44-27-12-5-13-28-44)65(61)71-55-34-17-14-29-46(55)49-33-20-32-45(62(49)71)41-21-6-2-7-22-41)72-64-51(38-37-50-47-30-15-18-35-56(47)73-67(50)64)60-52(42-23-8-3-9-24-42)39-53-48-31-16-19-36-57(48)74-68(53)66(60)72/h2-39H. The normalized spacial score (nSPS) is 11.8. The summed E-state index contributed by atoms with van der Waals surface area (Å²) in [6.45, 7) is 9.51. The maximum atomic E-state index is 12.4. The van der Waals surface area contributed by atoms with Gasteiger partial charge < -0.3 is 9.13 Å². The van der Waals surface area contributed by atoms with Gasteiger partial charge in [-0.3, -0.25) is 0 Å². The summed E-state index contributed by atoms with van der Waals surface area (Å²) in [6.07, 6.45) is 0. The molecular formula is C68H38N4S2. The van der Waals surface area contributed by atoms with E-state index in [1.165, 1.54) is 20.2 Å². The molecule has 0 saturated heterocycles. The van der Waals surface area contributed by atoms with E-state index in [-0.39, 0.29) is 0 Å². The second-order valence-corrected chi connectivity index (χ2v) is 20.9. The van der Waals surface area contributed by atoms with Gasteiger partial charge in [-0.05, 0) is 52.1 Å². The summed E-state index contributed by atoms with van der Waals surface area (Å²) in [5.74, 6) is 0. The molecule has 0 N–H and O–H groups in total. The number of thiophene rings is 2. The van der Waals surface area contributed by atoms with Crippen LogP contribution in [0.3, 0.4) is 0 Å². The van der Waals surface area contributed by atoms with Crippen molar-refractivity contribution in [2.75, 3.05) is 0 Å². The number of rotatable bonds is 6. The van der Waals surface area contributed by atoms with Crippen LogP contribution in [0.5, 0.6) is 0 Å². The van der Waals surface area contributed by atoms with Gasteiger partial charge in [0.1, 0.15) is 6.07 Å². The number of fused-ring (bicyclic) bond motifs is 14. The van der Waals surface area contributed by atoms with Gasteiger partial charge in [-0.2, -0.15) is 5.26 Å². The number of benzene rings is 11. The number of para-hydroxylation sites is 2. The van der Waals surface area contributed by atoms with Crippen LogP contribution in [0, 0.1) is 17.9 Å². The van der Waals surface area contributed by atoms with Gasteiger partial charge in [0.15, 0.2) is 0 Å². The van der Waals surface area contributed by atoms with E-state index in [2.05, 4.69) is 226 Å². The van der Waals surface area contributed by atoms with E-state index in [0.717, 1.165) is 114 Å². The van der Waals surface area contributed by atoms with Crippen LogP contribution >= 0.6 is 22.7 Å². The fourth-order valence-electron chi connectivity index (χ4n) is 11.9. The highest BCUT2D eigenvalue weighted by Crippen LogP contribution is 2.56. The van der Waals surface area contributed by atoms with Gasteiger partial charge in [0.2, 0.25) is 5.69 Å². The van der Waals surface area contributed by atoms with Crippen LogP contribution in [0.25, 0.3) is 145 Å². The topological polar surface area (TPSA) is 38.0 Å². The number of hydrogen-bond acceptors (Lipinski definition) is 3. The predicted molar refractivity (Wildman–Crippen MR) is 314 cm³/mol. The zero-order valence-electron chi connectivity index (χ0n) is 39.5. The summed E-state index contributed by atoms with van der Waals surface area (Å²) in [4.78, 5) is 4.64. The minimum Gasteiger partial charge on any atom is -0.318 e. The Morgan fingerprint density at radius 3 is 1.54 bits per heavy atom. The molecule has 4 nitrogen and oxygen atoms in total. The molecule has 15 rings (SSSR count). The van der Waals surface area contributed by atoms with Crippen LogP contribution in [-0.4, -0.2) is 9.13 Å². The van der Waals surface area contributed by atoms with Crippen molar-refractivity contribution in [3.8, 4) is 62.0 Å². The minimum absolute atomic E-state index is 0.408. The molecule has 0 spiro atoms. The molecule has 74 heavy (non-hydrogen) atoms. The van der Waals surface area contributed by atoms with E-state index < -0.39 is 0 Å². The van der Waals surface area contributed by atoms with Crippen molar-refractivity contribution in [1.29, 1.82) is 5.26 Å². The average Bonchev–Trinajstić information content (AvgIpc) is 4.33. The summed E-state index contributed by atoms with van der Waals surface area (Å²) in [5.41, 5.74) is 13.8. The quantitative estimate of drug-likeness (QED) is 0.153. The van der Waals surface area contributed by atoms with Gasteiger partial charge >= 0.3 is 0 Å². The van der Waals surface area contributed by atoms with Crippen molar-refractivity contribution >= 4 is 112 Å². The van der Waals surface area contributed by atoms with Crippen molar-refractivity contribution < 1.29 is 0 Å². The molecule has 15 aromatic rings. The molecule has 6 heteroatoms. The van der Waals surface area contributed by atoms with Crippen LogP contribution in [0.15, 0.2) is 231 Å². The molecule has 0 bridgehead atoms. The second-order valence-electron chi connectivity index (χ2n) is 18.8.